The third kappa shape index (κ3) is 2.44. The van der Waals surface area contributed by atoms with E-state index < -0.39 is 5.43 Å². The normalized spacial score (nSPS) is 11.0. The van der Waals surface area contributed by atoms with Crippen molar-refractivity contribution in [2.24, 2.45) is 0 Å². The molecule has 3 aromatic rings. The van der Waals surface area contributed by atoms with E-state index in [1.54, 1.807) is 6.07 Å². The molecule has 0 saturated carbocycles. The van der Waals surface area contributed by atoms with E-state index in [1.807, 2.05) is 6.92 Å². The fraction of sp³-hybridized carbons (Fsp3) is 0.118. The average molecular weight is 314 g/mol. The second-order valence-electron chi connectivity index (χ2n) is 5.17. The summed E-state index contributed by atoms with van der Waals surface area (Å²) < 4.78 is 5.57. The summed E-state index contributed by atoms with van der Waals surface area (Å²) in [5.41, 5.74) is 0.445. The molecule has 1 heterocycles. The third-order valence-electron chi connectivity index (χ3n) is 3.63. The molecule has 3 rings (SSSR count). The van der Waals surface area contributed by atoms with Gasteiger partial charge in [0.1, 0.15) is 28.2 Å². The summed E-state index contributed by atoms with van der Waals surface area (Å²) in [6, 6.07) is 6.34. The van der Waals surface area contributed by atoms with Crippen molar-refractivity contribution < 1.29 is 24.8 Å². The minimum Gasteiger partial charge on any atom is -0.508 e. The van der Waals surface area contributed by atoms with Gasteiger partial charge in [0.05, 0.1) is 0 Å². The van der Waals surface area contributed by atoms with Crippen molar-refractivity contribution in [3.05, 3.63) is 46.1 Å². The molecule has 0 amide bonds. The molecule has 2 aromatic carbocycles. The van der Waals surface area contributed by atoms with Crippen LogP contribution in [0.2, 0.25) is 0 Å². The first-order valence-corrected chi connectivity index (χ1v) is 6.95. The predicted molar refractivity (Wildman–Crippen MR) is 84.0 cm³/mol. The summed E-state index contributed by atoms with van der Waals surface area (Å²) in [7, 11) is 0. The van der Waals surface area contributed by atoms with Crippen molar-refractivity contribution in [2.75, 3.05) is 0 Å². The first-order valence-electron chi connectivity index (χ1n) is 6.95. The molecular weight excluding hydrogens is 300 g/mol. The summed E-state index contributed by atoms with van der Waals surface area (Å²) in [4.78, 5) is 12.2. The van der Waals surface area contributed by atoms with E-state index in [4.69, 9.17) is 4.42 Å². The maximum atomic E-state index is 12.2. The number of aromatic hydroxyl groups is 4. The van der Waals surface area contributed by atoms with Crippen LogP contribution < -0.4 is 5.43 Å². The van der Waals surface area contributed by atoms with Gasteiger partial charge in [-0.1, -0.05) is 6.92 Å². The Hall–Kier alpha value is -3.15. The smallest absolute Gasteiger partial charge is 0.197 e. The van der Waals surface area contributed by atoms with E-state index in [-0.39, 0.29) is 39.7 Å². The molecule has 1 aromatic heterocycles. The van der Waals surface area contributed by atoms with Crippen LogP contribution in [0.15, 0.2) is 39.5 Å². The van der Waals surface area contributed by atoms with Crippen LogP contribution in [0.3, 0.4) is 0 Å². The Morgan fingerprint density at radius 2 is 1.70 bits per heavy atom. The quantitative estimate of drug-likeness (QED) is 0.541. The molecule has 0 aliphatic carbocycles. The third-order valence-corrected chi connectivity index (χ3v) is 3.63. The lowest BCUT2D eigenvalue weighted by atomic mass is 10.0. The lowest BCUT2D eigenvalue weighted by Gasteiger charge is -2.09. The van der Waals surface area contributed by atoms with Crippen LogP contribution in [0.25, 0.3) is 22.3 Å². The average Bonchev–Trinajstić information content (AvgIpc) is 2.48. The van der Waals surface area contributed by atoms with Crippen molar-refractivity contribution in [1.29, 1.82) is 0 Å². The van der Waals surface area contributed by atoms with E-state index in [1.165, 1.54) is 18.2 Å². The fourth-order valence-corrected chi connectivity index (χ4v) is 2.49. The van der Waals surface area contributed by atoms with E-state index in [0.717, 1.165) is 6.07 Å². The standard InChI is InChI=1S/C17H14O6/c1-2-8-3-9(4-13(21)17(8)22)14-7-12(20)16-11(19)5-10(18)6-15(16)23-14/h3-7,18-19,21-22H,2H2,1H3. The number of aryl methyl sites for hydroxylation is 1. The van der Waals surface area contributed by atoms with Gasteiger partial charge in [0, 0.05) is 23.8 Å². The Labute approximate surface area is 130 Å². The molecule has 23 heavy (non-hydrogen) atoms. The number of phenols is 4. The molecule has 0 aliphatic rings. The molecule has 0 saturated heterocycles. The van der Waals surface area contributed by atoms with Gasteiger partial charge in [-0.15, -0.1) is 0 Å². The minimum atomic E-state index is -0.482. The first kappa shape index (κ1) is 14.8. The zero-order valence-corrected chi connectivity index (χ0v) is 12.2. The Kier molecular flexibility index (Phi) is 3.37. The molecule has 0 unspecified atom stereocenters. The van der Waals surface area contributed by atoms with Crippen LogP contribution >= 0.6 is 0 Å². The molecule has 6 nitrogen and oxygen atoms in total. The van der Waals surface area contributed by atoms with Gasteiger partial charge in [0.15, 0.2) is 16.9 Å². The lowest BCUT2D eigenvalue weighted by molar-refractivity contribution is 0.400. The van der Waals surface area contributed by atoms with Crippen LogP contribution in [0.4, 0.5) is 0 Å². The van der Waals surface area contributed by atoms with E-state index in [9.17, 15) is 25.2 Å². The minimum absolute atomic E-state index is 0.0237. The molecule has 6 heteroatoms. The summed E-state index contributed by atoms with van der Waals surface area (Å²) in [5, 5.41) is 38.8. The monoisotopic (exact) mass is 314 g/mol. The van der Waals surface area contributed by atoms with Crippen LogP contribution in [0, 0.1) is 0 Å². The summed E-state index contributed by atoms with van der Waals surface area (Å²) >= 11 is 0. The van der Waals surface area contributed by atoms with Crippen molar-refractivity contribution >= 4 is 11.0 Å². The Bertz CT molecular complexity index is 971. The van der Waals surface area contributed by atoms with Crippen molar-refractivity contribution in [2.45, 2.75) is 13.3 Å². The number of phenolic OH excluding ortho intramolecular Hbond substituents is 4. The summed E-state index contributed by atoms with van der Waals surface area (Å²) in [6.07, 6.45) is 0.479. The highest BCUT2D eigenvalue weighted by Gasteiger charge is 2.15. The predicted octanol–water partition coefficient (Wildman–Crippen LogP) is 2.84. The molecule has 0 radical (unpaired) electrons. The van der Waals surface area contributed by atoms with Crippen LogP contribution in [-0.2, 0) is 6.42 Å². The molecule has 0 aliphatic heterocycles. The largest absolute Gasteiger partial charge is 0.508 e. The van der Waals surface area contributed by atoms with E-state index in [2.05, 4.69) is 0 Å². The van der Waals surface area contributed by atoms with E-state index in [0.29, 0.717) is 17.5 Å². The maximum absolute atomic E-state index is 12.2. The number of fused-ring (bicyclic) bond motifs is 1. The Morgan fingerprint density at radius 3 is 2.39 bits per heavy atom. The number of rotatable bonds is 2. The molecule has 0 spiro atoms. The number of benzene rings is 2. The van der Waals surface area contributed by atoms with Crippen LogP contribution in [0.1, 0.15) is 12.5 Å². The zero-order valence-electron chi connectivity index (χ0n) is 12.2. The molecule has 0 atom stereocenters. The van der Waals surface area contributed by atoms with Gasteiger partial charge in [0.2, 0.25) is 0 Å². The van der Waals surface area contributed by atoms with Crippen molar-refractivity contribution in [1.82, 2.24) is 0 Å². The highest BCUT2D eigenvalue weighted by atomic mass is 16.3. The number of hydrogen-bond donors (Lipinski definition) is 4. The SMILES string of the molecule is CCc1cc(-c2cc(=O)c3c(O)cc(O)cc3o2)cc(O)c1O. The van der Waals surface area contributed by atoms with Gasteiger partial charge in [-0.3, -0.25) is 4.79 Å². The van der Waals surface area contributed by atoms with Crippen molar-refractivity contribution in [3.8, 4) is 34.3 Å². The molecular formula is C17H14O6. The van der Waals surface area contributed by atoms with Gasteiger partial charge in [-0.05, 0) is 24.1 Å². The van der Waals surface area contributed by atoms with Gasteiger partial charge in [0.25, 0.3) is 0 Å². The van der Waals surface area contributed by atoms with Gasteiger partial charge < -0.3 is 24.8 Å². The zero-order chi connectivity index (χ0) is 16.7. The second kappa shape index (κ2) is 5.24. The van der Waals surface area contributed by atoms with Crippen molar-refractivity contribution in [3.63, 3.8) is 0 Å². The first-order chi connectivity index (χ1) is 10.9. The van der Waals surface area contributed by atoms with Crippen LogP contribution in [0.5, 0.6) is 23.0 Å². The van der Waals surface area contributed by atoms with Gasteiger partial charge in [-0.25, -0.2) is 0 Å². The van der Waals surface area contributed by atoms with Gasteiger partial charge in [-0.2, -0.15) is 0 Å². The molecule has 0 fully saturated rings. The summed E-state index contributed by atoms with van der Waals surface area (Å²) in [5.74, 6) is -0.991. The molecule has 4 N–H and O–H groups in total. The molecule has 118 valence electrons. The number of hydrogen-bond acceptors (Lipinski definition) is 6. The maximum Gasteiger partial charge on any atom is 0.197 e. The summed E-state index contributed by atoms with van der Waals surface area (Å²) in [6.45, 7) is 1.81. The lowest BCUT2D eigenvalue weighted by Crippen LogP contribution is -2.01. The molecule has 0 bridgehead atoms. The topological polar surface area (TPSA) is 111 Å². The van der Waals surface area contributed by atoms with Gasteiger partial charge >= 0.3 is 0 Å². The highest BCUT2D eigenvalue weighted by molar-refractivity contribution is 5.86. The Balaban J connectivity index is 2.30. The fourth-order valence-electron chi connectivity index (χ4n) is 2.49. The second-order valence-corrected chi connectivity index (χ2v) is 5.17. The Morgan fingerprint density at radius 1 is 0.957 bits per heavy atom. The van der Waals surface area contributed by atoms with Crippen LogP contribution in [-0.4, -0.2) is 20.4 Å². The highest BCUT2D eigenvalue weighted by Crippen LogP contribution is 2.36. The van der Waals surface area contributed by atoms with E-state index >= 15 is 0 Å².